The van der Waals surface area contributed by atoms with Crippen LogP contribution in [0, 0.1) is 10.1 Å². The van der Waals surface area contributed by atoms with Crippen molar-refractivity contribution in [1.82, 2.24) is 9.97 Å². The van der Waals surface area contributed by atoms with Crippen molar-refractivity contribution < 1.29 is 9.66 Å². The van der Waals surface area contributed by atoms with E-state index in [1.165, 1.54) is 0 Å². The Balaban J connectivity index is 2.34. The van der Waals surface area contributed by atoms with Crippen LogP contribution in [0.3, 0.4) is 0 Å². The molecule has 2 aromatic rings. The van der Waals surface area contributed by atoms with Crippen LogP contribution in [-0.2, 0) is 0 Å². The van der Waals surface area contributed by atoms with Gasteiger partial charge in [-0.15, -0.1) is 0 Å². The number of aromatic nitrogens is 2. The second-order valence-electron chi connectivity index (χ2n) is 4.10. The third-order valence-electron chi connectivity index (χ3n) is 2.51. The van der Waals surface area contributed by atoms with Gasteiger partial charge >= 0.3 is 11.6 Å². The minimum atomic E-state index is -0.601. The first-order valence-electron chi connectivity index (χ1n) is 6.29. The molecular formula is C13H13ClN4O3. The molecule has 0 fully saturated rings. The van der Waals surface area contributed by atoms with Gasteiger partial charge in [0.1, 0.15) is 11.9 Å². The van der Waals surface area contributed by atoms with Crippen molar-refractivity contribution in [2.75, 3.05) is 11.9 Å². The number of para-hydroxylation sites is 1. The lowest BCUT2D eigenvalue weighted by Crippen LogP contribution is -2.06. The molecule has 8 heteroatoms. The summed E-state index contributed by atoms with van der Waals surface area (Å²) in [5, 5.41) is 14.3. The highest BCUT2D eigenvalue weighted by molar-refractivity contribution is 6.32. The summed E-state index contributed by atoms with van der Waals surface area (Å²) in [6.07, 6.45) is 1.98. The van der Waals surface area contributed by atoms with E-state index in [9.17, 15) is 10.1 Å². The number of ether oxygens (including phenoxy) is 1. The molecule has 1 N–H and O–H groups in total. The molecule has 110 valence electrons. The normalized spacial score (nSPS) is 10.2. The molecule has 1 aromatic heterocycles. The summed E-state index contributed by atoms with van der Waals surface area (Å²) < 4.78 is 5.46. The van der Waals surface area contributed by atoms with Crippen molar-refractivity contribution in [2.45, 2.75) is 13.3 Å². The number of hydrogen-bond donors (Lipinski definition) is 1. The van der Waals surface area contributed by atoms with E-state index < -0.39 is 4.92 Å². The van der Waals surface area contributed by atoms with Gasteiger partial charge in [0, 0.05) is 6.54 Å². The van der Waals surface area contributed by atoms with Gasteiger partial charge in [0.2, 0.25) is 5.95 Å². The molecule has 0 aliphatic carbocycles. The number of benzene rings is 1. The number of nitro groups is 1. The number of anilines is 1. The fourth-order valence-electron chi connectivity index (χ4n) is 1.51. The minimum absolute atomic E-state index is 0.151. The maximum Gasteiger partial charge on any atom is 0.349 e. The molecule has 0 aliphatic heterocycles. The van der Waals surface area contributed by atoms with E-state index in [0.717, 1.165) is 12.6 Å². The van der Waals surface area contributed by atoms with Crippen LogP contribution in [0.25, 0.3) is 0 Å². The summed E-state index contributed by atoms with van der Waals surface area (Å²) in [7, 11) is 0. The van der Waals surface area contributed by atoms with Crippen LogP contribution in [-0.4, -0.2) is 21.4 Å². The monoisotopic (exact) mass is 308 g/mol. The zero-order valence-electron chi connectivity index (χ0n) is 11.2. The Morgan fingerprint density at radius 1 is 1.43 bits per heavy atom. The molecule has 2 rings (SSSR count). The van der Waals surface area contributed by atoms with E-state index in [-0.39, 0.29) is 17.5 Å². The largest absolute Gasteiger partial charge is 0.432 e. The van der Waals surface area contributed by atoms with Crippen LogP contribution >= 0.6 is 11.6 Å². The zero-order valence-corrected chi connectivity index (χ0v) is 12.0. The fraction of sp³-hybridized carbons (Fsp3) is 0.231. The lowest BCUT2D eigenvalue weighted by atomic mass is 10.3. The molecule has 21 heavy (non-hydrogen) atoms. The summed E-state index contributed by atoms with van der Waals surface area (Å²) >= 11 is 5.98. The molecular weight excluding hydrogens is 296 g/mol. The second-order valence-corrected chi connectivity index (χ2v) is 4.51. The zero-order chi connectivity index (χ0) is 15.2. The minimum Gasteiger partial charge on any atom is -0.432 e. The molecule has 0 spiro atoms. The Morgan fingerprint density at radius 3 is 2.86 bits per heavy atom. The van der Waals surface area contributed by atoms with Gasteiger partial charge in [-0.05, 0) is 18.6 Å². The van der Waals surface area contributed by atoms with Crippen LogP contribution in [0.5, 0.6) is 11.6 Å². The molecule has 0 amide bonds. The van der Waals surface area contributed by atoms with Gasteiger partial charge in [0.05, 0.1) is 9.95 Å². The molecule has 0 aliphatic rings. The predicted molar refractivity (Wildman–Crippen MR) is 79.0 cm³/mol. The van der Waals surface area contributed by atoms with Gasteiger partial charge in [-0.2, -0.15) is 4.98 Å². The maximum absolute atomic E-state index is 11.0. The van der Waals surface area contributed by atoms with Gasteiger partial charge in [0.15, 0.2) is 0 Å². The van der Waals surface area contributed by atoms with Gasteiger partial charge in [-0.25, -0.2) is 4.98 Å². The second kappa shape index (κ2) is 6.85. The molecule has 0 atom stereocenters. The molecule has 0 unspecified atom stereocenters. The number of nitrogens with zero attached hydrogens (tertiary/aromatic N) is 3. The third kappa shape index (κ3) is 3.79. The lowest BCUT2D eigenvalue weighted by molar-refractivity contribution is -0.386. The Labute approximate surface area is 126 Å². The fourth-order valence-corrected chi connectivity index (χ4v) is 1.69. The molecule has 0 radical (unpaired) electrons. The number of hydrogen-bond acceptors (Lipinski definition) is 6. The molecule has 0 bridgehead atoms. The molecule has 0 saturated carbocycles. The molecule has 7 nitrogen and oxygen atoms in total. The van der Waals surface area contributed by atoms with E-state index in [1.807, 2.05) is 6.92 Å². The van der Waals surface area contributed by atoms with E-state index in [0.29, 0.717) is 17.3 Å². The van der Waals surface area contributed by atoms with Crippen LogP contribution in [0.4, 0.5) is 11.6 Å². The number of rotatable bonds is 6. The average Bonchev–Trinajstić information content (AvgIpc) is 2.47. The third-order valence-corrected chi connectivity index (χ3v) is 2.82. The summed E-state index contributed by atoms with van der Waals surface area (Å²) in [6.45, 7) is 2.64. The van der Waals surface area contributed by atoms with Gasteiger partial charge in [-0.1, -0.05) is 30.7 Å². The van der Waals surface area contributed by atoms with Gasteiger partial charge in [-0.3, -0.25) is 10.1 Å². The van der Waals surface area contributed by atoms with Crippen molar-refractivity contribution >= 4 is 23.2 Å². The lowest BCUT2D eigenvalue weighted by Gasteiger charge is -2.08. The van der Waals surface area contributed by atoms with Crippen LogP contribution in [0.2, 0.25) is 5.02 Å². The summed E-state index contributed by atoms with van der Waals surface area (Å²) in [5.41, 5.74) is -0.322. The maximum atomic E-state index is 11.0. The quantitative estimate of drug-likeness (QED) is 0.647. The van der Waals surface area contributed by atoms with Crippen molar-refractivity contribution in [3.05, 3.63) is 45.6 Å². The van der Waals surface area contributed by atoms with Crippen LogP contribution < -0.4 is 10.1 Å². The Bertz CT molecular complexity index is 651. The highest BCUT2D eigenvalue weighted by Gasteiger charge is 2.20. The number of halogens is 1. The van der Waals surface area contributed by atoms with E-state index in [4.69, 9.17) is 16.3 Å². The summed E-state index contributed by atoms with van der Waals surface area (Å²) in [6, 6.07) is 6.68. The van der Waals surface area contributed by atoms with E-state index >= 15 is 0 Å². The van der Waals surface area contributed by atoms with E-state index in [1.54, 1.807) is 24.3 Å². The summed E-state index contributed by atoms with van der Waals surface area (Å²) in [5.74, 6) is 0.411. The predicted octanol–water partition coefficient (Wildman–Crippen LogP) is 3.65. The molecule has 1 heterocycles. The topological polar surface area (TPSA) is 90.2 Å². The smallest absolute Gasteiger partial charge is 0.349 e. The first kappa shape index (κ1) is 15.0. The summed E-state index contributed by atoms with van der Waals surface area (Å²) in [4.78, 5) is 18.3. The Kier molecular flexibility index (Phi) is 4.89. The van der Waals surface area contributed by atoms with Crippen molar-refractivity contribution in [2.24, 2.45) is 0 Å². The van der Waals surface area contributed by atoms with Crippen LogP contribution in [0.1, 0.15) is 13.3 Å². The number of nitrogens with one attached hydrogen (secondary N) is 1. The Morgan fingerprint density at radius 2 is 2.19 bits per heavy atom. The first-order valence-corrected chi connectivity index (χ1v) is 6.67. The van der Waals surface area contributed by atoms with Crippen molar-refractivity contribution in [3.63, 3.8) is 0 Å². The standard InChI is InChI=1S/C13H13ClN4O3/c1-2-7-15-13-16-8-10(18(19)20)12(17-13)21-11-6-4-3-5-9(11)14/h3-6,8H,2,7H2,1H3,(H,15,16,17). The molecule has 0 saturated heterocycles. The Hall–Kier alpha value is -2.41. The first-order chi connectivity index (χ1) is 10.1. The van der Waals surface area contributed by atoms with Gasteiger partial charge < -0.3 is 10.1 Å². The van der Waals surface area contributed by atoms with Crippen LogP contribution in [0.15, 0.2) is 30.5 Å². The van der Waals surface area contributed by atoms with E-state index in [2.05, 4.69) is 15.3 Å². The average molecular weight is 309 g/mol. The van der Waals surface area contributed by atoms with Crippen molar-refractivity contribution in [1.29, 1.82) is 0 Å². The highest BCUT2D eigenvalue weighted by atomic mass is 35.5. The highest BCUT2D eigenvalue weighted by Crippen LogP contribution is 2.33. The van der Waals surface area contributed by atoms with Gasteiger partial charge in [0.25, 0.3) is 0 Å². The van der Waals surface area contributed by atoms with Crippen molar-refractivity contribution in [3.8, 4) is 11.6 Å². The SMILES string of the molecule is CCCNc1ncc([N+](=O)[O-])c(Oc2ccccc2Cl)n1. The molecule has 1 aromatic carbocycles.